The van der Waals surface area contributed by atoms with Crippen molar-refractivity contribution >= 4 is 0 Å². The highest BCUT2D eigenvalue weighted by Gasteiger charge is 1.94. The van der Waals surface area contributed by atoms with Gasteiger partial charge in [0, 0.05) is 12.7 Å². The number of benzene rings is 1. The van der Waals surface area contributed by atoms with E-state index < -0.39 is 0 Å². The van der Waals surface area contributed by atoms with Gasteiger partial charge in [0.2, 0.25) is 0 Å². The number of hydrogen-bond acceptors (Lipinski definition) is 1. The van der Waals surface area contributed by atoms with Crippen LogP contribution in [0.15, 0.2) is 24.3 Å². The SMILES string of the molecule is COCC[NH2+]Cc1cccc(C)c1. The number of ether oxygens (including phenoxy) is 1. The van der Waals surface area contributed by atoms with Crippen LogP contribution < -0.4 is 5.32 Å². The second-order valence-corrected chi connectivity index (χ2v) is 3.26. The van der Waals surface area contributed by atoms with Crippen LogP contribution in [-0.2, 0) is 11.3 Å². The van der Waals surface area contributed by atoms with E-state index in [1.54, 1.807) is 7.11 Å². The molecule has 0 aliphatic rings. The Labute approximate surface area is 79.9 Å². The molecule has 0 amide bonds. The van der Waals surface area contributed by atoms with Crippen molar-refractivity contribution in [2.45, 2.75) is 13.5 Å². The maximum absolute atomic E-state index is 4.97. The van der Waals surface area contributed by atoms with Gasteiger partial charge in [0.15, 0.2) is 0 Å². The first-order valence-electron chi connectivity index (χ1n) is 4.69. The predicted molar refractivity (Wildman–Crippen MR) is 53.6 cm³/mol. The number of nitrogens with two attached hydrogens (primary N) is 1. The number of quaternary nitrogens is 1. The van der Waals surface area contributed by atoms with Crippen molar-refractivity contribution in [3.63, 3.8) is 0 Å². The lowest BCUT2D eigenvalue weighted by Gasteiger charge is -2.01. The molecule has 0 aromatic heterocycles. The fourth-order valence-electron chi connectivity index (χ4n) is 1.31. The Morgan fingerprint density at radius 3 is 2.92 bits per heavy atom. The number of rotatable bonds is 5. The highest BCUT2D eigenvalue weighted by atomic mass is 16.5. The van der Waals surface area contributed by atoms with Crippen LogP contribution in [0.2, 0.25) is 0 Å². The van der Waals surface area contributed by atoms with Crippen molar-refractivity contribution < 1.29 is 10.1 Å². The molecule has 1 aromatic rings. The summed E-state index contributed by atoms with van der Waals surface area (Å²) in [5.41, 5.74) is 2.72. The third-order valence-electron chi connectivity index (χ3n) is 1.99. The second kappa shape index (κ2) is 5.73. The van der Waals surface area contributed by atoms with Gasteiger partial charge in [0.05, 0.1) is 13.2 Å². The van der Waals surface area contributed by atoms with E-state index >= 15 is 0 Å². The third kappa shape index (κ3) is 4.06. The first kappa shape index (κ1) is 10.2. The molecule has 0 unspecified atom stereocenters. The number of aryl methyl sites for hydroxylation is 1. The van der Waals surface area contributed by atoms with Gasteiger partial charge in [0.25, 0.3) is 0 Å². The van der Waals surface area contributed by atoms with Crippen molar-refractivity contribution in [1.82, 2.24) is 0 Å². The summed E-state index contributed by atoms with van der Waals surface area (Å²) in [6.07, 6.45) is 0. The van der Waals surface area contributed by atoms with E-state index in [-0.39, 0.29) is 0 Å². The van der Waals surface area contributed by atoms with Gasteiger partial charge in [-0.1, -0.05) is 29.8 Å². The standard InChI is InChI=1S/C11H17NO/c1-10-4-3-5-11(8-10)9-12-6-7-13-2/h3-5,8,12H,6-7,9H2,1-2H3/p+1. The van der Waals surface area contributed by atoms with Crippen LogP contribution in [0.25, 0.3) is 0 Å². The topological polar surface area (TPSA) is 25.8 Å². The van der Waals surface area contributed by atoms with Crippen LogP contribution in [-0.4, -0.2) is 20.3 Å². The van der Waals surface area contributed by atoms with Crippen molar-refractivity contribution in [1.29, 1.82) is 0 Å². The minimum absolute atomic E-state index is 0.825. The smallest absolute Gasteiger partial charge is 0.101 e. The lowest BCUT2D eigenvalue weighted by Crippen LogP contribution is -2.83. The van der Waals surface area contributed by atoms with Gasteiger partial charge in [-0.05, 0) is 6.92 Å². The van der Waals surface area contributed by atoms with E-state index in [4.69, 9.17) is 4.74 Å². The summed E-state index contributed by atoms with van der Waals surface area (Å²) < 4.78 is 4.97. The Hall–Kier alpha value is -0.860. The number of hydrogen-bond donors (Lipinski definition) is 1. The molecular formula is C11H18NO+. The number of methoxy groups -OCH3 is 1. The van der Waals surface area contributed by atoms with Crippen molar-refractivity contribution in [2.24, 2.45) is 0 Å². The van der Waals surface area contributed by atoms with Crippen LogP contribution in [0.4, 0.5) is 0 Å². The molecule has 1 aromatic carbocycles. The molecule has 0 bridgehead atoms. The summed E-state index contributed by atoms with van der Waals surface area (Å²) in [6.45, 7) is 5.03. The maximum Gasteiger partial charge on any atom is 0.101 e. The molecule has 13 heavy (non-hydrogen) atoms. The van der Waals surface area contributed by atoms with E-state index in [2.05, 4.69) is 36.5 Å². The van der Waals surface area contributed by atoms with E-state index in [1.807, 2.05) is 0 Å². The second-order valence-electron chi connectivity index (χ2n) is 3.26. The van der Waals surface area contributed by atoms with Crippen molar-refractivity contribution in [3.05, 3.63) is 35.4 Å². The van der Waals surface area contributed by atoms with Gasteiger partial charge in [-0.2, -0.15) is 0 Å². The van der Waals surface area contributed by atoms with Crippen molar-refractivity contribution in [3.8, 4) is 0 Å². The maximum atomic E-state index is 4.97. The lowest BCUT2D eigenvalue weighted by atomic mass is 10.1. The van der Waals surface area contributed by atoms with Crippen LogP contribution >= 0.6 is 0 Å². The predicted octanol–water partition coefficient (Wildman–Crippen LogP) is 0.705. The molecule has 1 rings (SSSR count). The molecule has 0 saturated carbocycles. The quantitative estimate of drug-likeness (QED) is 0.663. The van der Waals surface area contributed by atoms with Gasteiger partial charge in [-0.3, -0.25) is 0 Å². The molecule has 2 heteroatoms. The van der Waals surface area contributed by atoms with Crippen LogP contribution in [0.1, 0.15) is 11.1 Å². The summed E-state index contributed by atoms with van der Waals surface area (Å²) in [7, 11) is 1.74. The third-order valence-corrected chi connectivity index (χ3v) is 1.99. The van der Waals surface area contributed by atoms with Gasteiger partial charge in [0.1, 0.15) is 6.54 Å². The van der Waals surface area contributed by atoms with Gasteiger partial charge in [-0.25, -0.2) is 0 Å². The molecule has 0 aliphatic heterocycles. The van der Waals surface area contributed by atoms with E-state index in [1.165, 1.54) is 11.1 Å². The Kier molecular flexibility index (Phi) is 4.50. The summed E-state index contributed by atoms with van der Waals surface area (Å²) in [5.74, 6) is 0. The zero-order chi connectivity index (χ0) is 9.52. The zero-order valence-corrected chi connectivity index (χ0v) is 8.42. The Balaban J connectivity index is 2.28. The van der Waals surface area contributed by atoms with Gasteiger partial charge in [-0.15, -0.1) is 0 Å². The van der Waals surface area contributed by atoms with Crippen molar-refractivity contribution in [2.75, 3.05) is 20.3 Å². The first-order chi connectivity index (χ1) is 6.33. The molecule has 0 radical (unpaired) electrons. The largest absolute Gasteiger partial charge is 0.379 e. The van der Waals surface area contributed by atoms with E-state index in [0.29, 0.717) is 0 Å². The van der Waals surface area contributed by atoms with Gasteiger partial charge < -0.3 is 10.1 Å². The molecule has 0 spiro atoms. The molecule has 72 valence electrons. The Morgan fingerprint density at radius 1 is 1.38 bits per heavy atom. The molecule has 0 fully saturated rings. The minimum atomic E-state index is 0.825. The normalized spacial score (nSPS) is 10.3. The summed E-state index contributed by atoms with van der Waals surface area (Å²) in [4.78, 5) is 0. The monoisotopic (exact) mass is 180 g/mol. The highest BCUT2D eigenvalue weighted by molar-refractivity contribution is 5.21. The zero-order valence-electron chi connectivity index (χ0n) is 8.42. The Morgan fingerprint density at radius 2 is 2.23 bits per heavy atom. The van der Waals surface area contributed by atoms with Crippen LogP contribution in [0, 0.1) is 6.92 Å². The summed E-state index contributed by atoms with van der Waals surface area (Å²) in [6, 6.07) is 8.62. The van der Waals surface area contributed by atoms with Crippen LogP contribution in [0.5, 0.6) is 0 Å². The highest BCUT2D eigenvalue weighted by Crippen LogP contribution is 2.01. The Bertz CT molecular complexity index is 248. The summed E-state index contributed by atoms with van der Waals surface area (Å²) in [5, 5.41) is 2.26. The molecule has 0 aliphatic carbocycles. The molecule has 0 atom stereocenters. The fourth-order valence-corrected chi connectivity index (χ4v) is 1.31. The molecule has 0 heterocycles. The summed E-state index contributed by atoms with van der Waals surface area (Å²) >= 11 is 0. The molecular weight excluding hydrogens is 162 g/mol. The first-order valence-corrected chi connectivity index (χ1v) is 4.69. The van der Waals surface area contributed by atoms with E-state index in [0.717, 1.165) is 19.7 Å². The average molecular weight is 180 g/mol. The minimum Gasteiger partial charge on any atom is -0.379 e. The van der Waals surface area contributed by atoms with Gasteiger partial charge >= 0.3 is 0 Å². The average Bonchev–Trinajstić information content (AvgIpc) is 2.13. The fraction of sp³-hybridized carbons (Fsp3) is 0.455. The lowest BCUT2D eigenvalue weighted by molar-refractivity contribution is -0.671. The molecule has 2 N–H and O–H groups in total. The molecule has 2 nitrogen and oxygen atoms in total. The van der Waals surface area contributed by atoms with E-state index in [9.17, 15) is 0 Å². The van der Waals surface area contributed by atoms with Crippen LogP contribution in [0.3, 0.4) is 0 Å². The molecule has 0 saturated heterocycles.